The van der Waals surface area contributed by atoms with Gasteiger partial charge in [-0.25, -0.2) is 0 Å². The van der Waals surface area contributed by atoms with Crippen LogP contribution in [0.1, 0.15) is 45.4 Å². The van der Waals surface area contributed by atoms with Crippen LogP contribution in [0.4, 0.5) is 0 Å². The van der Waals surface area contributed by atoms with Gasteiger partial charge in [-0.2, -0.15) is 0 Å². The molecular weight excluding hydrogens is 311 g/mol. The van der Waals surface area contributed by atoms with Gasteiger partial charge in [-0.15, -0.1) is 6.58 Å². The molecule has 0 aromatic heterocycles. The maximum absolute atomic E-state index is 11.6. The number of rotatable bonds is 13. The van der Waals surface area contributed by atoms with Crippen molar-refractivity contribution in [2.45, 2.75) is 51.6 Å². The molecule has 22 heavy (non-hydrogen) atoms. The average Bonchev–Trinajstić information content (AvgIpc) is 2.41. The van der Waals surface area contributed by atoms with E-state index < -0.39 is 12.1 Å². The van der Waals surface area contributed by atoms with E-state index in [1.54, 1.807) is 11.8 Å². The van der Waals surface area contributed by atoms with Gasteiger partial charge in [0.25, 0.3) is 0 Å². The number of aliphatic carboxylic acids is 1. The third kappa shape index (κ3) is 16.6. The summed E-state index contributed by atoms with van der Waals surface area (Å²) in [5.41, 5.74) is 0. The zero-order chi connectivity index (χ0) is 16.1. The van der Waals surface area contributed by atoms with Gasteiger partial charge < -0.3 is 15.3 Å². The van der Waals surface area contributed by atoms with Crippen LogP contribution in [0.3, 0.4) is 0 Å². The van der Waals surface area contributed by atoms with E-state index in [1.165, 1.54) is 0 Å². The number of aliphatic hydroxyl groups excluding tert-OH is 1. The molecule has 0 aromatic carbocycles. The molecule has 0 bridgehead atoms. The van der Waals surface area contributed by atoms with Gasteiger partial charge >= 0.3 is 57.4 Å². The second kappa shape index (κ2) is 16.1. The first kappa shape index (κ1) is 24.5. The number of nitrogens with zero attached hydrogens (tertiary/aromatic N) is 2. The zero-order valence-electron chi connectivity index (χ0n) is 13.8. The molecule has 0 saturated carbocycles. The molecule has 0 aromatic rings. The van der Waals surface area contributed by atoms with E-state index in [0.717, 1.165) is 25.7 Å². The Morgan fingerprint density at radius 3 is 2.59 bits per heavy atom. The van der Waals surface area contributed by atoms with Gasteiger partial charge in [-0.05, 0) is 38.5 Å². The van der Waals surface area contributed by atoms with Crippen molar-refractivity contribution in [3.63, 3.8) is 0 Å². The molecular formula is C15H27KN2O4. The molecule has 0 radical (unpaired) electrons. The van der Waals surface area contributed by atoms with Crippen molar-refractivity contribution in [2.75, 3.05) is 19.8 Å². The largest absolute Gasteiger partial charge is 1.00 e. The fourth-order valence-electron chi connectivity index (χ4n) is 1.85. The van der Waals surface area contributed by atoms with Crippen LogP contribution in [-0.2, 0) is 4.79 Å². The SMILES string of the molecule is C=CCCCCCC([O-])=NCN(CCC(=O)O)CC(C)O.[K+]. The van der Waals surface area contributed by atoms with Crippen LogP contribution in [0.2, 0.25) is 0 Å². The first-order chi connectivity index (χ1) is 9.95. The fraction of sp³-hybridized carbons (Fsp3) is 0.733. The molecule has 7 heteroatoms. The summed E-state index contributed by atoms with van der Waals surface area (Å²) in [6.45, 7) is 5.99. The Morgan fingerprint density at radius 1 is 1.36 bits per heavy atom. The molecule has 6 nitrogen and oxygen atoms in total. The Labute approximate surface area is 175 Å². The van der Waals surface area contributed by atoms with E-state index in [0.29, 0.717) is 13.0 Å². The molecule has 0 heterocycles. The minimum atomic E-state index is -0.904. The minimum absolute atomic E-state index is 0. The summed E-state index contributed by atoms with van der Waals surface area (Å²) >= 11 is 0. The number of aliphatic imine (C=N–C) groups is 1. The Hall–Kier alpha value is 0.236. The number of unbranched alkanes of at least 4 members (excludes halogenated alkanes) is 3. The summed E-state index contributed by atoms with van der Waals surface area (Å²) in [5, 5.41) is 29.6. The van der Waals surface area contributed by atoms with Crippen molar-refractivity contribution in [2.24, 2.45) is 4.99 Å². The second-order valence-corrected chi connectivity index (χ2v) is 5.15. The molecule has 0 fully saturated rings. The van der Waals surface area contributed by atoms with Gasteiger partial charge in [-0.3, -0.25) is 14.7 Å². The number of carbonyl (C=O) groups is 1. The summed E-state index contributed by atoms with van der Waals surface area (Å²) in [5.74, 6) is -1.07. The summed E-state index contributed by atoms with van der Waals surface area (Å²) in [7, 11) is 0. The molecule has 0 spiro atoms. The molecule has 0 aliphatic carbocycles. The van der Waals surface area contributed by atoms with Crippen LogP contribution < -0.4 is 56.5 Å². The van der Waals surface area contributed by atoms with E-state index in [9.17, 15) is 15.0 Å². The molecule has 2 N–H and O–H groups in total. The Bertz CT molecular complexity index is 336. The van der Waals surface area contributed by atoms with Crippen molar-refractivity contribution >= 4 is 11.9 Å². The van der Waals surface area contributed by atoms with E-state index in [-0.39, 0.29) is 76.9 Å². The van der Waals surface area contributed by atoms with Gasteiger partial charge in [0.2, 0.25) is 0 Å². The van der Waals surface area contributed by atoms with Gasteiger partial charge in [0.15, 0.2) is 0 Å². The van der Waals surface area contributed by atoms with E-state index in [1.807, 2.05) is 6.08 Å². The van der Waals surface area contributed by atoms with Crippen molar-refractivity contribution in [1.82, 2.24) is 4.90 Å². The van der Waals surface area contributed by atoms with Crippen LogP contribution in [0.25, 0.3) is 0 Å². The van der Waals surface area contributed by atoms with Crippen molar-refractivity contribution < 1.29 is 71.5 Å². The maximum Gasteiger partial charge on any atom is 1.00 e. The summed E-state index contributed by atoms with van der Waals surface area (Å²) in [6.07, 6.45) is 5.44. The quantitative estimate of drug-likeness (QED) is 0.133. The second-order valence-electron chi connectivity index (χ2n) is 5.15. The van der Waals surface area contributed by atoms with Crippen molar-refractivity contribution in [3.8, 4) is 0 Å². The third-order valence-electron chi connectivity index (χ3n) is 2.91. The molecule has 1 unspecified atom stereocenters. The molecule has 0 amide bonds. The summed E-state index contributed by atoms with van der Waals surface area (Å²) in [4.78, 5) is 16.2. The smallest absolute Gasteiger partial charge is 0.862 e. The number of allylic oxidation sites excluding steroid dienone is 1. The van der Waals surface area contributed by atoms with Crippen LogP contribution in [0.5, 0.6) is 0 Å². The Kier molecular flexibility index (Phi) is 17.9. The van der Waals surface area contributed by atoms with Crippen LogP contribution in [-0.4, -0.2) is 52.8 Å². The molecule has 0 saturated heterocycles. The predicted molar refractivity (Wildman–Crippen MR) is 81.1 cm³/mol. The first-order valence-corrected chi connectivity index (χ1v) is 7.39. The molecule has 0 rings (SSSR count). The number of aliphatic hydroxyl groups is 1. The van der Waals surface area contributed by atoms with Gasteiger partial charge in [0.1, 0.15) is 0 Å². The Balaban J connectivity index is 0. The summed E-state index contributed by atoms with van der Waals surface area (Å²) < 4.78 is 0. The van der Waals surface area contributed by atoms with E-state index >= 15 is 0 Å². The molecule has 0 aliphatic rings. The zero-order valence-corrected chi connectivity index (χ0v) is 17.0. The van der Waals surface area contributed by atoms with E-state index in [4.69, 9.17) is 5.11 Å². The molecule has 122 valence electrons. The first-order valence-electron chi connectivity index (χ1n) is 7.39. The Morgan fingerprint density at radius 2 is 2.05 bits per heavy atom. The molecule has 1 atom stereocenters. The van der Waals surface area contributed by atoms with Gasteiger partial charge in [0.05, 0.1) is 19.2 Å². The van der Waals surface area contributed by atoms with Crippen LogP contribution in [0.15, 0.2) is 17.6 Å². The fourth-order valence-corrected chi connectivity index (χ4v) is 1.85. The van der Waals surface area contributed by atoms with Crippen LogP contribution >= 0.6 is 0 Å². The minimum Gasteiger partial charge on any atom is -0.862 e. The van der Waals surface area contributed by atoms with Crippen LogP contribution in [0, 0.1) is 0 Å². The van der Waals surface area contributed by atoms with Crippen molar-refractivity contribution in [3.05, 3.63) is 12.7 Å². The number of carboxylic acid groups (broad SMARTS) is 1. The number of hydrogen-bond donors (Lipinski definition) is 2. The van der Waals surface area contributed by atoms with Gasteiger partial charge in [-0.1, -0.05) is 12.5 Å². The normalized spacial score (nSPS) is 12.8. The van der Waals surface area contributed by atoms with Gasteiger partial charge in [0, 0.05) is 13.1 Å². The molecule has 0 aliphatic heterocycles. The number of carboxylic acids is 1. The topological polar surface area (TPSA) is 96.2 Å². The van der Waals surface area contributed by atoms with E-state index in [2.05, 4.69) is 11.6 Å². The summed E-state index contributed by atoms with van der Waals surface area (Å²) in [6, 6.07) is 0. The monoisotopic (exact) mass is 338 g/mol. The average molecular weight is 338 g/mol. The standard InChI is InChI=1S/C15H28N2O4.K/c1-3-4-5-6-7-8-14(19)16-12-17(11-13(2)18)10-9-15(20)21;/h3,13,18H,1,4-12H2,2H3,(H,16,19)(H,20,21);/q;+1/p-1. The number of hydrogen-bond acceptors (Lipinski definition) is 5. The maximum atomic E-state index is 11.6. The third-order valence-corrected chi connectivity index (χ3v) is 2.91. The van der Waals surface area contributed by atoms with Crippen molar-refractivity contribution in [1.29, 1.82) is 0 Å². The predicted octanol–water partition coefficient (Wildman–Crippen LogP) is -2.00.